The Labute approximate surface area is 132 Å². The number of methoxy groups -OCH3 is 1. The number of carbonyl (C=O) groups excluding carboxylic acids is 1. The van der Waals surface area contributed by atoms with E-state index in [4.69, 9.17) is 4.74 Å². The molecule has 4 nitrogen and oxygen atoms in total. The SMILES string of the molecule is CCCS(=O)(=O)c1cccc(C(C)CC2CC2C(=O)OC)c1. The van der Waals surface area contributed by atoms with E-state index >= 15 is 0 Å². The lowest BCUT2D eigenvalue weighted by Gasteiger charge is -2.13. The third-order valence-electron chi connectivity index (χ3n) is 4.34. The van der Waals surface area contributed by atoms with E-state index in [2.05, 4.69) is 6.92 Å². The van der Waals surface area contributed by atoms with Gasteiger partial charge < -0.3 is 4.74 Å². The van der Waals surface area contributed by atoms with Crippen LogP contribution in [0.2, 0.25) is 0 Å². The molecule has 0 aliphatic heterocycles. The molecule has 0 N–H and O–H groups in total. The fourth-order valence-electron chi connectivity index (χ4n) is 2.94. The minimum Gasteiger partial charge on any atom is -0.469 e. The monoisotopic (exact) mass is 324 g/mol. The van der Waals surface area contributed by atoms with Gasteiger partial charge in [-0.25, -0.2) is 8.42 Å². The minimum atomic E-state index is -3.18. The molecule has 22 heavy (non-hydrogen) atoms. The summed E-state index contributed by atoms with van der Waals surface area (Å²) < 4.78 is 29.1. The first-order chi connectivity index (χ1) is 10.4. The Bertz CT molecular complexity index is 636. The van der Waals surface area contributed by atoms with Crippen molar-refractivity contribution in [2.24, 2.45) is 11.8 Å². The summed E-state index contributed by atoms with van der Waals surface area (Å²) >= 11 is 0. The topological polar surface area (TPSA) is 60.4 Å². The van der Waals surface area contributed by atoms with Crippen LogP contribution >= 0.6 is 0 Å². The molecular formula is C17H24O4S. The van der Waals surface area contributed by atoms with Crippen molar-refractivity contribution in [3.05, 3.63) is 29.8 Å². The van der Waals surface area contributed by atoms with Crippen LogP contribution < -0.4 is 0 Å². The molecule has 0 bridgehead atoms. The maximum atomic E-state index is 12.2. The first-order valence-electron chi connectivity index (χ1n) is 7.79. The molecular weight excluding hydrogens is 300 g/mol. The molecule has 1 fully saturated rings. The predicted molar refractivity (Wildman–Crippen MR) is 85.4 cm³/mol. The van der Waals surface area contributed by atoms with Crippen LogP contribution in [-0.4, -0.2) is 27.2 Å². The summed E-state index contributed by atoms with van der Waals surface area (Å²) in [5, 5.41) is 0. The van der Waals surface area contributed by atoms with E-state index in [-0.39, 0.29) is 23.6 Å². The zero-order valence-electron chi connectivity index (χ0n) is 13.4. The van der Waals surface area contributed by atoms with Crippen molar-refractivity contribution in [2.45, 2.75) is 43.9 Å². The van der Waals surface area contributed by atoms with Crippen molar-refractivity contribution in [2.75, 3.05) is 12.9 Å². The molecule has 0 saturated heterocycles. The van der Waals surface area contributed by atoms with Crippen LogP contribution in [0.3, 0.4) is 0 Å². The molecule has 0 radical (unpaired) electrons. The van der Waals surface area contributed by atoms with E-state index in [1.165, 1.54) is 7.11 Å². The van der Waals surface area contributed by atoms with E-state index < -0.39 is 9.84 Å². The van der Waals surface area contributed by atoms with E-state index in [9.17, 15) is 13.2 Å². The van der Waals surface area contributed by atoms with Crippen LogP contribution in [0.25, 0.3) is 0 Å². The lowest BCUT2D eigenvalue weighted by molar-refractivity contribution is -0.142. The summed E-state index contributed by atoms with van der Waals surface area (Å²) in [6.45, 7) is 3.95. The van der Waals surface area contributed by atoms with Gasteiger partial charge in [0.1, 0.15) is 0 Å². The zero-order chi connectivity index (χ0) is 16.3. The number of rotatable bonds is 7. The number of hydrogen-bond donors (Lipinski definition) is 0. The molecule has 1 aromatic rings. The highest BCUT2D eigenvalue weighted by Crippen LogP contribution is 2.45. The van der Waals surface area contributed by atoms with Gasteiger partial charge in [-0.1, -0.05) is 26.0 Å². The van der Waals surface area contributed by atoms with Crippen LogP contribution in [0.4, 0.5) is 0 Å². The Balaban J connectivity index is 2.05. The van der Waals surface area contributed by atoms with E-state index in [1.807, 2.05) is 13.0 Å². The molecule has 0 amide bonds. The first kappa shape index (κ1) is 17.0. The number of esters is 1. The maximum absolute atomic E-state index is 12.2. The highest BCUT2D eigenvalue weighted by atomic mass is 32.2. The van der Waals surface area contributed by atoms with Crippen molar-refractivity contribution in [1.82, 2.24) is 0 Å². The van der Waals surface area contributed by atoms with Gasteiger partial charge >= 0.3 is 5.97 Å². The molecule has 0 aromatic heterocycles. The highest BCUT2D eigenvalue weighted by molar-refractivity contribution is 7.91. The summed E-state index contributed by atoms with van der Waals surface area (Å²) in [5.41, 5.74) is 1.02. The van der Waals surface area contributed by atoms with Crippen molar-refractivity contribution >= 4 is 15.8 Å². The molecule has 0 spiro atoms. The third-order valence-corrected chi connectivity index (χ3v) is 6.26. The van der Waals surface area contributed by atoms with E-state index in [0.29, 0.717) is 17.2 Å². The van der Waals surface area contributed by atoms with Crippen LogP contribution in [0.15, 0.2) is 29.2 Å². The van der Waals surface area contributed by atoms with Gasteiger partial charge in [-0.3, -0.25) is 4.79 Å². The zero-order valence-corrected chi connectivity index (χ0v) is 14.2. The number of benzene rings is 1. The minimum absolute atomic E-state index is 0.0273. The number of sulfone groups is 1. The standard InChI is InChI=1S/C17H24O4S/c1-4-8-22(19,20)15-7-5-6-13(10-15)12(2)9-14-11-16(14)17(18)21-3/h5-7,10,12,14,16H,4,8-9,11H2,1-3H3. The Morgan fingerprint density at radius 3 is 2.77 bits per heavy atom. The van der Waals surface area contributed by atoms with E-state index in [0.717, 1.165) is 18.4 Å². The third kappa shape index (κ3) is 3.88. The van der Waals surface area contributed by atoms with Gasteiger partial charge in [0.2, 0.25) is 0 Å². The molecule has 122 valence electrons. The summed E-state index contributed by atoms with van der Waals surface area (Å²) in [6.07, 6.45) is 2.38. The molecule has 1 saturated carbocycles. The lowest BCUT2D eigenvalue weighted by Crippen LogP contribution is -2.08. The van der Waals surface area contributed by atoms with Crippen LogP contribution in [-0.2, 0) is 19.4 Å². The summed E-state index contributed by atoms with van der Waals surface area (Å²) in [5.74, 6) is 0.670. The molecule has 1 aliphatic rings. The fraction of sp³-hybridized carbons (Fsp3) is 0.588. The largest absolute Gasteiger partial charge is 0.469 e. The van der Waals surface area contributed by atoms with Gasteiger partial charge in [0.05, 0.1) is 23.7 Å². The van der Waals surface area contributed by atoms with Crippen molar-refractivity contribution in [3.8, 4) is 0 Å². The van der Waals surface area contributed by atoms with Crippen molar-refractivity contribution in [3.63, 3.8) is 0 Å². The van der Waals surface area contributed by atoms with Crippen LogP contribution in [0.1, 0.15) is 44.6 Å². The van der Waals surface area contributed by atoms with Crippen molar-refractivity contribution in [1.29, 1.82) is 0 Å². The lowest BCUT2D eigenvalue weighted by atomic mass is 9.95. The van der Waals surface area contributed by atoms with Crippen LogP contribution in [0, 0.1) is 11.8 Å². The normalized spacial score (nSPS) is 22.1. The first-order valence-corrected chi connectivity index (χ1v) is 9.44. The molecule has 3 unspecified atom stereocenters. The Kier molecular flexibility index (Phi) is 5.27. The number of hydrogen-bond acceptors (Lipinski definition) is 4. The summed E-state index contributed by atoms with van der Waals surface area (Å²) in [6, 6.07) is 7.21. The second-order valence-corrected chi connectivity index (χ2v) is 8.26. The van der Waals surface area contributed by atoms with Gasteiger partial charge in [-0.15, -0.1) is 0 Å². The van der Waals surface area contributed by atoms with Gasteiger partial charge in [-0.05, 0) is 48.8 Å². The average Bonchev–Trinajstić information content (AvgIpc) is 3.25. The van der Waals surface area contributed by atoms with Gasteiger partial charge in [0, 0.05) is 0 Å². The molecule has 0 heterocycles. The van der Waals surface area contributed by atoms with Gasteiger partial charge in [-0.2, -0.15) is 0 Å². The molecule has 5 heteroatoms. The fourth-order valence-corrected chi connectivity index (χ4v) is 4.31. The second kappa shape index (κ2) is 6.82. The Morgan fingerprint density at radius 2 is 2.14 bits per heavy atom. The number of carbonyl (C=O) groups is 1. The second-order valence-electron chi connectivity index (χ2n) is 6.15. The van der Waals surface area contributed by atoms with Gasteiger partial charge in [0.15, 0.2) is 9.84 Å². The Morgan fingerprint density at radius 1 is 1.41 bits per heavy atom. The molecule has 3 atom stereocenters. The number of ether oxygens (including phenoxy) is 1. The quantitative estimate of drug-likeness (QED) is 0.723. The summed E-state index contributed by atoms with van der Waals surface area (Å²) in [7, 11) is -1.76. The van der Waals surface area contributed by atoms with Gasteiger partial charge in [0.25, 0.3) is 0 Å². The van der Waals surface area contributed by atoms with E-state index in [1.54, 1.807) is 18.2 Å². The maximum Gasteiger partial charge on any atom is 0.308 e. The molecule has 1 aromatic carbocycles. The van der Waals surface area contributed by atoms with Crippen molar-refractivity contribution < 1.29 is 17.9 Å². The highest BCUT2D eigenvalue weighted by Gasteiger charge is 2.44. The molecule has 2 rings (SSSR count). The predicted octanol–water partition coefficient (Wildman–Crippen LogP) is 3.17. The summed E-state index contributed by atoms with van der Waals surface area (Å²) in [4.78, 5) is 11.9. The average molecular weight is 324 g/mol. The smallest absolute Gasteiger partial charge is 0.308 e. The van der Waals surface area contributed by atoms with Crippen LogP contribution in [0.5, 0.6) is 0 Å². The molecule has 1 aliphatic carbocycles. The Hall–Kier alpha value is -1.36.